The number of carbonyl (C=O) groups is 3. The van der Waals surface area contributed by atoms with E-state index in [1.54, 1.807) is 0 Å². The van der Waals surface area contributed by atoms with Gasteiger partial charge in [0.1, 0.15) is 0 Å². The van der Waals surface area contributed by atoms with E-state index in [2.05, 4.69) is 16.2 Å². The zero-order valence-corrected chi connectivity index (χ0v) is 13.4. The van der Waals surface area contributed by atoms with Crippen LogP contribution in [0.5, 0.6) is 0 Å². The highest BCUT2D eigenvalue weighted by molar-refractivity contribution is 5.83. The van der Waals surface area contributed by atoms with Crippen molar-refractivity contribution in [1.29, 1.82) is 0 Å². The maximum atomic E-state index is 11.7. The van der Waals surface area contributed by atoms with Crippen LogP contribution >= 0.6 is 0 Å². The van der Waals surface area contributed by atoms with Gasteiger partial charge in [-0.1, -0.05) is 0 Å². The average molecular weight is 350 g/mol. The molecule has 0 saturated carbocycles. The third-order valence-corrected chi connectivity index (χ3v) is 3.00. The van der Waals surface area contributed by atoms with Gasteiger partial charge < -0.3 is 37.4 Å². The SMILES string of the molecule is CC(O)[C@H](N)CNNC[C@H](CC(N)=O)NC(=O)N[C@@H](CO)C(=O)O. The van der Waals surface area contributed by atoms with Crippen LogP contribution in [0.1, 0.15) is 13.3 Å². The first kappa shape index (κ1) is 22.0. The summed E-state index contributed by atoms with van der Waals surface area (Å²) in [6.07, 6.45) is -0.905. The van der Waals surface area contributed by atoms with Gasteiger partial charge >= 0.3 is 12.0 Å². The lowest BCUT2D eigenvalue weighted by molar-refractivity contribution is -0.140. The summed E-state index contributed by atoms with van der Waals surface area (Å²) in [6.45, 7) is 1.08. The van der Waals surface area contributed by atoms with E-state index in [1.165, 1.54) is 6.92 Å². The molecule has 0 aromatic carbocycles. The lowest BCUT2D eigenvalue weighted by Crippen LogP contribution is -2.55. The number of aliphatic hydroxyl groups excluding tert-OH is 2. The van der Waals surface area contributed by atoms with Crippen LogP contribution in [0.15, 0.2) is 0 Å². The Morgan fingerprint density at radius 1 is 1.12 bits per heavy atom. The maximum Gasteiger partial charge on any atom is 0.328 e. The van der Waals surface area contributed by atoms with Crippen molar-refractivity contribution in [2.45, 2.75) is 37.6 Å². The van der Waals surface area contributed by atoms with Gasteiger partial charge in [-0.3, -0.25) is 15.6 Å². The third-order valence-electron chi connectivity index (χ3n) is 3.00. The first-order valence-corrected chi connectivity index (χ1v) is 7.25. The molecule has 3 amide bonds. The number of carboxylic acids is 1. The van der Waals surface area contributed by atoms with Crippen molar-refractivity contribution in [3.05, 3.63) is 0 Å². The normalized spacial score (nSPS) is 15.8. The lowest BCUT2D eigenvalue weighted by atomic mass is 10.2. The van der Waals surface area contributed by atoms with E-state index in [0.29, 0.717) is 0 Å². The van der Waals surface area contributed by atoms with E-state index in [1.807, 2.05) is 5.32 Å². The van der Waals surface area contributed by atoms with Gasteiger partial charge in [0.05, 0.1) is 18.8 Å². The quantitative estimate of drug-likeness (QED) is 0.123. The highest BCUT2D eigenvalue weighted by Gasteiger charge is 2.21. The van der Waals surface area contributed by atoms with Crippen LogP contribution < -0.4 is 33.0 Å². The Morgan fingerprint density at radius 2 is 1.71 bits per heavy atom. The highest BCUT2D eigenvalue weighted by Crippen LogP contribution is 1.91. The minimum Gasteiger partial charge on any atom is -0.480 e. The van der Waals surface area contributed by atoms with Crippen LogP contribution in [0.4, 0.5) is 4.79 Å². The number of hydrogen-bond acceptors (Lipinski definition) is 8. The van der Waals surface area contributed by atoms with Crippen LogP contribution in [0, 0.1) is 0 Å². The van der Waals surface area contributed by atoms with E-state index >= 15 is 0 Å². The molecule has 0 bridgehead atoms. The van der Waals surface area contributed by atoms with Crippen LogP contribution in [0.3, 0.4) is 0 Å². The molecule has 4 atom stereocenters. The summed E-state index contributed by atoms with van der Waals surface area (Å²) >= 11 is 0. The molecule has 0 aliphatic rings. The second-order valence-electron chi connectivity index (χ2n) is 5.22. The highest BCUT2D eigenvalue weighted by atomic mass is 16.4. The number of hydrazine groups is 1. The topological polar surface area (TPSA) is 212 Å². The van der Waals surface area contributed by atoms with Crippen molar-refractivity contribution in [1.82, 2.24) is 21.5 Å². The predicted molar refractivity (Wildman–Crippen MR) is 83.4 cm³/mol. The molecule has 12 heteroatoms. The summed E-state index contributed by atoms with van der Waals surface area (Å²) < 4.78 is 0. The van der Waals surface area contributed by atoms with Crippen LogP contribution in [0.2, 0.25) is 0 Å². The van der Waals surface area contributed by atoms with Gasteiger partial charge in [0.15, 0.2) is 6.04 Å². The molecule has 11 N–H and O–H groups in total. The van der Waals surface area contributed by atoms with Gasteiger partial charge in [-0.2, -0.15) is 0 Å². The van der Waals surface area contributed by atoms with Crippen molar-refractivity contribution in [2.75, 3.05) is 19.7 Å². The molecule has 0 fully saturated rings. The van der Waals surface area contributed by atoms with Crippen LogP contribution in [0.25, 0.3) is 0 Å². The molecule has 1 unspecified atom stereocenters. The monoisotopic (exact) mass is 350 g/mol. The van der Waals surface area contributed by atoms with Gasteiger partial charge in [0.25, 0.3) is 0 Å². The van der Waals surface area contributed by atoms with E-state index in [4.69, 9.17) is 21.7 Å². The van der Waals surface area contributed by atoms with Gasteiger partial charge in [0, 0.05) is 25.6 Å². The second-order valence-corrected chi connectivity index (χ2v) is 5.22. The number of nitrogens with two attached hydrogens (primary N) is 2. The Kier molecular flexibility index (Phi) is 10.6. The fourth-order valence-electron chi connectivity index (χ4n) is 1.54. The fourth-order valence-corrected chi connectivity index (χ4v) is 1.54. The van der Waals surface area contributed by atoms with Gasteiger partial charge in [-0.15, -0.1) is 0 Å². The standard InChI is InChI=1S/C12H26N6O6/c1-6(20)8(13)4-16-15-3-7(2-10(14)21)17-12(24)18-9(5-19)11(22)23/h6-9,15-16,19-20H,2-5,13H2,1H3,(H2,14,21)(H,22,23)(H2,17,18,24)/t6?,7-,8+,9-/m0/s1. The van der Waals surface area contributed by atoms with E-state index in [0.717, 1.165) is 0 Å². The average Bonchev–Trinajstić information content (AvgIpc) is 2.47. The number of urea groups is 1. The summed E-state index contributed by atoms with van der Waals surface area (Å²) in [5, 5.41) is 31.2. The molecule has 0 aromatic rings. The van der Waals surface area contributed by atoms with Gasteiger partial charge in [0.2, 0.25) is 5.91 Å². The molecule has 0 rings (SSSR count). The zero-order valence-electron chi connectivity index (χ0n) is 13.4. The maximum absolute atomic E-state index is 11.7. The summed E-state index contributed by atoms with van der Waals surface area (Å²) in [4.78, 5) is 33.4. The number of carboxylic acid groups (broad SMARTS) is 1. The van der Waals surface area contributed by atoms with E-state index in [-0.39, 0.29) is 19.5 Å². The number of nitrogens with one attached hydrogen (secondary N) is 4. The van der Waals surface area contributed by atoms with Crippen LogP contribution in [-0.4, -0.2) is 77.2 Å². The van der Waals surface area contributed by atoms with E-state index in [9.17, 15) is 19.5 Å². The Hall–Kier alpha value is -1.99. The van der Waals surface area contributed by atoms with Gasteiger partial charge in [-0.25, -0.2) is 9.59 Å². The second kappa shape index (κ2) is 11.5. The van der Waals surface area contributed by atoms with E-state index < -0.39 is 48.7 Å². The Bertz CT molecular complexity index is 421. The number of carbonyl (C=O) groups excluding carboxylic acids is 2. The molecule has 0 aromatic heterocycles. The largest absolute Gasteiger partial charge is 0.480 e. The number of rotatable bonds is 12. The van der Waals surface area contributed by atoms with Crippen molar-refractivity contribution < 1.29 is 29.7 Å². The number of aliphatic carboxylic acids is 1. The van der Waals surface area contributed by atoms with Crippen molar-refractivity contribution in [3.8, 4) is 0 Å². The summed E-state index contributed by atoms with van der Waals surface area (Å²) in [5.41, 5.74) is 16.1. The molecule has 0 heterocycles. The summed E-state index contributed by atoms with van der Waals surface area (Å²) in [5.74, 6) is -2.06. The van der Waals surface area contributed by atoms with Crippen molar-refractivity contribution >= 4 is 17.9 Å². The molecule has 0 aliphatic heterocycles. The molecular weight excluding hydrogens is 324 g/mol. The summed E-state index contributed by atoms with van der Waals surface area (Å²) in [6, 6.07) is -3.57. The molecule has 0 saturated heterocycles. The number of amides is 3. The first-order chi connectivity index (χ1) is 11.2. The van der Waals surface area contributed by atoms with Crippen molar-refractivity contribution in [2.24, 2.45) is 11.5 Å². The van der Waals surface area contributed by atoms with Crippen molar-refractivity contribution in [3.63, 3.8) is 0 Å². The first-order valence-electron chi connectivity index (χ1n) is 7.25. The Morgan fingerprint density at radius 3 is 2.17 bits per heavy atom. The minimum atomic E-state index is -1.46. The number of hydrogen-bond donors (Lipinski definition) is 9. The fraction of sp³-hybridized carbons (Fsp3) is 0.750. The molecule has 24 heavy (non-hydrogen) atoms. The Balaban J connectivity index is 4.37. The number of primary amides is 1. The molecule has 12 nitrogen and oxygen atoms in total. The molecular formula is C12H26N6O6. The third kappa shape index (κ3) is 9.91. The Labute approximate surface area is 138 Å². The smallest absolute Gasteiger partial charge is 0.328 e. The molecule has 0 radical (unpaired) electrons. The predicted octanol–water partition coefficient (Wildman–Crippen LogP) is -4.22. The lowest BCUT2D eigenvalue weighted by Gasteiger charge is -2.21. The molecule has 140 valence electrons. The summed E-state index contributed by atoms with van der Waals surface area (Å²) in [7, 11) is 0. The van der Waals surface area contributed by atoms with Gasteiger partial charge in [-0.05, 0) is 6.92 Å². The molecule has 0 aliphatic carbocycles. The van der Waals surface area contributed by atoms with Crippen LogP contribution in [-0.2, 0) is 9.59 Å². The number of aliphatic hydroxyl groups is 2. The molecule has 0 spiro atoms. The zero-order chi connectivity index (χ0) is 18.7. The minimum absolute atomic E-state index is 0.0831.